The first-order valence-electron chi connectivity index (χ1n) is 8.51. The number of benzene rings is 2. The molecule has 2 aromatic rings. The van der Waals surface area contributed by atoms with Crippen molar-refractivity contribution in [1.29, 1.82) is 0 Å². The Balaban J connectivity index is 2.13. The Bertz CT molecular complexity index is 676. The molecule has 0 saturated carbocycles. The Labute approximate surface area is 158 Å². The van der Waals surface area contributed by atoms with E-state index in [9.17, 15) is 0 Å². The van der Waals surface area contributed by atoms with Crippen LogP contribution in [0, 0.1) is 6.92 Å². The molecule has 25 heavy (non-hydrogen) atoms. The predicted molar refractivity (Wildman–Crippen MR) is 104 cm³/mol. The molecule has 0 aliphatic heterocycles. The van der Waals surface area contributed by atoms with Crippen molar-refractivity contribution in [3.05, 3.63) is 57.6 Å². The summed E-state index contributed by atoms with van der Waals surface area (Å²) in [6.45, 7) is 4.33. The lowest BCUT2D eigenvalue weighted by atomic mass is 10.1. The largest absolute Gasteiger partial charge is 0.493 e. The van der Waals surface area contributed by atoms with Gasteiger partial charge in [0.25, 0.3) is 0 Å². The van der Waals surface area contributed by atoms with E-state index in [0.717, 1.165) is 46.5 Å². The SMILES string of the molecule is COc1ccc(Br)c(CNCCCCO)c1OCc1ccccc1C. The molecule has 0 aromatic heterocycles. The van der Waals surface area contributed by atoms with E-state index in [4.69, 9.17) is 14.6 Å². The van der Waals surface area contributed by atoms with Gasteiger partial charge in [0.1, 0.15) is 6.61 Å². The van der Waals surface area contributed by atoms with E-state index in [2.05, 4.69) is 40.3 Å². The Morgan fingerprint density at radius 2 is 1.92 bits per heavy atom. The lowest BCUT2D eigenvalue weighted by Gasteiger charge is -2.18. The summed E-state index contributed by atoms with van der Waals surface area (Å²) < 4.78 is 12.6. The van der Waals surface area contributed by atoms with Crippen LogP contribution in [-0.2, 0) is 13.2 Å². The number of nitrogens with one attached hydrogen (secondary N) is 1. The summed E-state index contributed by atoms with van der Waals surface area (Å²) in [4.78, 5) is 0. The van der Waals surface area contributed by atoms with E-state index in [1.807, 2.05) is 24.3 Å². The highest BCUT2D eigenvalue weighted by molar-refractivity contribution is 9.10. The molecule has 0 heterocycles. The molecule has 0 fully saturated rings. The molecule has 5 heteroatoms. The maximum Gasteiger partial charge on any atom is 0.167 e. The van der Waals surface area contributed by atoms with E-state index in [-0.39, 0.29) is 6.61 Å². The van der Waals surface area contributed by atoms with Crippen LogP contribution in [-0.4, -0.2) is 25.4 Å². The average Bonchev–Trinajstić information content (AvgIpc) is 2.62. The number of methoxy groups -OCH3 is 1. The first-order valence-corrected chi connectivity index (χ1v) is 9.31. The van der Waals surface area contributed by atoms with Crippen molar-refractivity contribution in [2.45, 2.75) is 32.9 Å². The van der Waals surface area contributed by atoms with Crippen molar-refractivity contribution in [3.63, 3.8) is 0 Å². The van der Waals surface area contributed by atoms with Crippen LogP contribution in [0.3, 0.4) is 0 Å². The third-order valence-electron chi connectivity index (χ3n) is 4.08. The molecule has 0 atom stereocenters. The van der Waals surface area contributed by atoms with Crippen LogP contribution in [0.4, 0.5) is 0 Å². The number of aliphatic hydroxyl groups is 1. The highest BCUT2D eigenvalue weighted by atomic mass is 79.9. The van der Waals surface area contributed by atoms with Crippen LogP contribution in [0.1, 0.15) is 29.5 Å². The highest BCUT2D eigenvalue weighted by Crippen LogP contribution is 2.37. The van der Waals surface area contributed by atoms with Crippen molar-refractivity contribution >= 4 is 15.9 Å². The van der Waals surface area contributed by atoms with Crippen molar-refractivity contribution in [2.75, 3.05) is 20.3 Å². The standard InChI is InChI=1S/C20H26BrNO3/c1-15-7-3-4-8-16(15)14-25-20-17(13-22-11-5-6-12-23)18(21)9-10-19(20)24-2/h3-4,7-10,22-23H,5-6,11-14H2,1-2H3. The molecular formula is C20H26BrNO3. The van der Waals surface area contributed by atoms with E-state index < -0.39 is 0 Å². The molecule has 0 unspecified atom stereocenters. The van der Waals surface area contributed by atoms with E-state index in [1.54, 1.807) is 7.11 Å². The molecule has 0 amide bonds. The summed E-state index contributed by atoms with van der Waals surface area (Å²) in [5.41, 5.74) is 3.41. The van der Waals surface area contributed by atoms with Gasteiger partial charge in [0.05, 0.1) is 7.11 Å². The number of rotatable bonds is 10. The normalized spacial score (nSPS) is 10.7. The number of aliphatic hydroxyl groups excluding tert-OH is 1. The number of hydrogen-bond donors (Lipinski definition) is 2. The van der Waals surface area contributed by atoms with Gasteiger partial charge in [0, 0.05) is 23.2 Å². The zero-order valence-corrected chi connectivity index (χ0v) is 16.4. The summed E-state index contributed by atoms with van der Waals surface area (Å²) in [6.07, 6.45) is 1.75. The van der Waals surface area contributed by atoms with Gasteiger partial charge in [-0.2, -0.15) is 0 Å². The molecule has 2 rings (SSSR count). The third-order valence-corrected chi connectivity index (χ3v) is 4.83. The van der Waals surface area contributed by atoms with Gasteiger partial charge in [-0.05, 0) is 49.6 Å². The maximum absolute atomic E-state index is 8.87. The molecule has 0 spiro atoms. The van der Waals surface area contributed by atoms with Gasteiger partial charge >= 0.3 is 0 Å². The number of unbranched alkanes of at least 4 members (excludes halogenated alkanes) is 1. The van der Waals surface area contributed by atoms with E-state index in [1.165, 1.54) is 5.56 Å². The second kappa shape index (κ2) is 10.4. The maximum atomic E-state index is 8.87. The molecule has 0 bridgehead atoms. The van der Waals surface area contributed by atoms with Gasteiger partial charge in [-0.25, -0.2) is 0 Å². The lowest BCUT2D eigenvalue weighted by molar-refractivity contribution is 0.278. The topological polar surface area (TPSA) is 50.7 Å². The van der Waals surface area contributed by atoms with Crippen molar-refractivity contribution in [3.8, 4) is 11.5 Å². The highest BCUT2D eigenvalue weighted by Gasteiger charge is 2.15. The minimum atomic E-state index is 0.231. The minimum Gasteiger partial charge on any atom is -0.493 e. The molecule has 136 valence electrons. The molecule has 2 N–H and O–H groups in total. The van der Waals surface area contributed by atoms with Gasteiger partial charge in [0.2, 0.25) is 0 Å². The first kappa shape index (κ1) is 19.8. The van der Waals surface area contributed by atoms with E-state index >= 15 is 0 Å². The number of ether oxygens (including phenoxy) is 2. The van der Waals surface area contributed by atoms with Crippen LogP contribution < -0.4 is 14.8 Å². The van der Waals surface area contributed by atoms with Gasteiger partial charge in [-0.15, -0.1) is 0 Å². The quantitative estimate of drug-likeness (QED) is 0.579. The second-order valence-corrected chi connectivity index (χ2v) is 6.73. The number of hydrogen-bond acceptors (Lipinski definition) is 4. The number of halogens is 1. The van der Waals surface area contributed by atoms with Gasteiger partial charge in [0.15, 0.2) is 11.5 Å². The fourth-order valence-corrected chi connectivity index (χ4v) is 3.02. The molecule has 2 aromatic carbocycles. The monoisotopic (exact) mass is 407 g/mol. The summed E-state index contributed by atoms with van der Waals surface area (Å²) in [7, 11) is 1.66. The summed E-state index contributed by atoms with van der Waals surface area (Å²) in [6, 6.07) is 12.1. The van der Waals surface area contributed by atoms with Crippen LogP contribution in [0.15, 0.2) is 40.9 Å². The number of aryl methyl sites for hydroxylation is 1. The molecule has 0 aliphatic rings. The Kier molecular flexibility index (Phi) is 8.25. The second-order valence-electron chi connectivity index (χ2n) is 5.88. The third kappa shape index (κ3) is 5.73. The fraction of sp³-hybridized carbons (Fsp3) is 0.400. The van der Waals surface area contributed by atoms with Crippen molar-refractivity contribution in [1.82, 2.24) is 5.32 Å². The predicted octanol–water partition coefficient (Wildman–Crippen LogP) is 4.21. The summed E-state index contributed by atoms with van der Waals surface area (Å²) in [5.74, 6) is 1.48. The molecule has 0 aliphatic carbocycles. The van der Waals surface area contributed by atoms with Crippen molar-refractivity contribution < 1.29 is 14.6 Å². The summed E-state index contributed by atoms with van der Waals surface area (Å²) in [5, 5.41) is 12.3. The van der Waals surface area contributed by atoms with Gasteiger partial charge in [-0.1, -0.05) is 40.2 Å². The zero-order chi connectivity index (χ0) is 18.1. The van der Waals surface area contributed by atoms with Crippen LogP contribution in [0.5, 0.6) is 11.5 Å². The summed E-state index contributed by atoms with van der Waals surface area (Å²) >= 11 is 3.62. The van der Waals surface area contributed by atoms with Crippen molar-refractivity contribution in [2.24, 2.45) is 0 Å². The first-order chi connectivity index (χ1) is 12.2. The molecule has 4 nitrogen and oxygen atoms in total. The Morgan fingerprint density at radius 1 is 1.12 bits per heavy atom. The van der Waals surface area contributed by atoms with Gasteiger partial charge in [-0.3, -0.25) is 0 Å². The average molecular weight is 408 g/mol. The Hall–Kier alpha value is -1.56. The van der Waals surface area contributed by atoms with E-state index in [0.29, 0.717) is 13.2 Å². The van der Waals surface area contributed by atoms with Gasteiger partial charge < -0.3 is 19.9 Å². The molecular weight excluding hydrogens is 382 g/mol. The Morgan fingerprint density at radius 3 is 2.64 bits per heavy atom. The van der Waals surface area contributed by atoms with Crippen LogP contribution in [0.25, 0.3) is 0 Å². The fourth-order valence-electron chi connectivity index (χ4n) is 2.56. The molecule has 0 saturated heterocycles. The smallest absolute Gasteiger partial charge is 0.167 e. The molecule has 0 radical (unpaired) electrons. The minimum absolute atomic E-state index is 0.231. The zero-order valence-electron chi connectivity index (χ0n) is 14.8. The van der Waals surface area contributed by atoms with Crippen LogP contribution >= 0.6 is 15.9 Å². The lowest BCUT2D eigenvalue weighted by Crippen LogP contribution is -2.16. The van der Waals surface area contributed by atoms with Crippen LogP contribution in [0.2, 0.25) is 0 Å².